The maximum Gasteiger partial charge on any atom is 0.181 e. The number of nitrogens with zero attached hydrogens (tertiary/aromatic N) is 2. The van der Waals surface area contributed by atoms with Gasteiger partial charge in [0.15, 0.2) is 17.3 Å². The standard InChI is InChI=1S/C21H26N4O2/c1-21(2,3)15-9-6-13(7-10-15)19-23-20(25-24-19)18(22)14-8-11-16(26-4)17(12-14)27-5/h6-12,18H,22H2,1-5H3,(H,23,24,25). The molecule has 3 rings (SSSR count). The first-order chi connectivity index (χ1) is 12.8. The Bertz CT molecular complexity index is 911. The average Bonchev–Trinajstić information content (AvgIpc) is 3.16. The van der Waals surface area contributed by atoms with Crippen LogP contribution in [0.2, 0.25) is 0 Å². The lowest BCUT2D eigenvalue weighted by molar-refractivity contribution is 0.354. The molecular formula is C21H26N4O2. The van der Waals surface area contributed by atoms with Crippen LogP contribution >= 0.6 is 0 Å². The molecule has 0 aliphatic rings. The molecule has 142 valence electrons. The van der Waals surface area contributed by atoms with Crippen molar-refractivity contribution in [3.63, 3.8) is 0 Å². The highest BCUT2D eigenvalue weighted by Crippen LogP contribution is 2.31. The number of hydrogen-bond acceptors (Lipinski definition) is 5. The first-order valence-corrected chi connectivity index (χ1v) is 8.84. The maximum atomic E-state index is 6.37. The fourth-order valence-corrected chi connectivity index (χ4v) is 2.87. The molecule has 0 amide bonds. The van der Waals surface area contributed by atoms with Gasteiger partial charge in [0.05, 0.1) is 20.3 Å². The van der Waals surface area contributed by atoms with Crippen molar-refractivity contribution in [3.8, 4) is 22.9 Å². The molecule has 6 heteroatoms. The molecule has 2 aromatic carbocycles. The third kappa shape index (κ3) is 3.95. The summed E-state index contributed by atoms with van der Waals surface area (Å²) in [6, 6.07) is 13.4. The van der Waals surface area contributed by atoms with E-state index in [0.29, 0.717) is 23.1 Å². The fraction of sp³-hybridized carbons (Fsp3) is 0.333. The summed E-state index contributed by atoms with van der Waals surface area (Å²) < 4.78 is 10.6. The van der Waals surface area contributed by atoms with Crippen LogP contribution in [0.5, 0.6) is 11.5 Å². The predicted octanol–water partition coefficient (Wildman–Crippen LogP) is 3.83. The zero-order valence-electron chi connectivity index (χ0n) is 16.4. The predicted molar refractivity (Wildman–Crippen MR) is 106 cm³/mol. The second kappa shape index (κ2) is 7.40. The van der Waals surface area contributed by atoms with E-state index in [-0.39, 0.29) is 5.41 Å². The summed E-state index contributed by atoms with van der Waals surface area (Å²) in [6.07, 6.45) is 0. The van der Waals surface area contributed by atoms with Crippen molar-refractivity contribution in [1.82, 2.24) is 15.2 Å². The van der Waals surface area contributed by atoms with E-state index in [1.165, 1.54) is 5.56 Å². The van der Waals surface area contributed by atoms with Gasteiger partial charge >= 0.3 is 0 Å². The Morgan fingerprint density at radius 3 is 2.22 bits per heavy atom. The minimum absolute atomic E-state index is 0.110. The highest BCUT2D eigenvalue weighted by Gasteiger charge is 2.18. The molecule has 1 aromatic heterocycles. The van der Waals surface area contributed by atoms with Gasteiger partial charge in [-0.1, -0.05) is 51.1 Å². The van der Waals surface area contributed by atoms with Crippen LogP contribution in [0.4, 0.5) is 0 Å². The molecule has 0 aliphatic carbocycles. The monoisotopic (exact) mass is 366 g/mol. The largest absolute Gasteiger partial charge is 0.493 e. The molecule has 0 bridgehead atoms. The number of nitrogens with one attached hydrogen (secondary N) is 1. The molecule has 0 fully saturated rings. The fourth-order valence-electron chi connectivity index (χ4n) is 2.87. The second-order valence-corrected chi connectivity index (χ2v) is 7.46. The Kier molecular flexibility index (Phi) is 5.19. The number of H-pyrrole nitrogens is 1. The molecule has 27 heavy (non-hydrogen) atoms. The molecule has 1 heterocycles. The van der Waals surface area contributed by atoms with E-state index in [2.05, 4.69) is 48.1 Å². The highest BCUT2D eigenvalue weighted by atomic mass is 16.5. The van der Waals surface area contributed by atoms with Crippen LogP contribution in [0, 0.1) is 0 Å². The Balaban J connectivity index is 1.85. The van der Waals surface area contributed by atoms with Crippen LogP contribution in [0.3, 0.4) is 0 Å². The third-order valence-electron chi connectivity index (χ3n) is 4.57. The van der Waals surface area contributed by atoms with Gasteiger partial charge in [-0.25, -0.2) is 4.98 Å². The number of aromatic nitrogens is 3. The summed E-state index contributed by atoms with van der Waals surface area (Å²) in [5.74, 6) is 2.51. The van der Waals surface area contributed by atoms with E-state index in [1.807, 2.05) is 30.3 Å². The van der Waals surface area contributed by atoms with Crippen LogP contribution in [0.1, 0.15) is 43.8 Å². The SMILES string of the molecule is COc1ccc(C(N)c2nc(-c3ccc(C(C)(C)C)cc3)n[nH]2)cc1OC. The zero-order valence-corrected chi connectivity index (χ0v) is 16.4. The van der Waals surface area contributed by atoms with E-state index in [4.69, 9.17) is 15.2 Å². The second-order valence-electron chi connectivity index (χ2n) is 7.46. The van der Waals surface area contributed by atoms with Gasteiger partial charge in [-0.05, 0) is 28.7 Å². The lowest BCUT2D eigenvalue weighted by Crippen LogP contribution is -2.14. The van der Waals surface area contributed by atoms with E-state index in [9.17, 15) is 0 Å². The Morgan fingerprint density at radius 2 is 1.63 bits per heavy atom. The van der Waals surface area contributed by atoms with Gasteiger partial charge in [-0.2, -0.15) is 5.10 Å². The maximum absolute atomic E-state index is 6.37. The number of nitrogens with two attached hydrogens (primary N) is 1. The lowest BCUT2D eigenvalue weighted by Gasteiger charge is -2.18. The summed E-state index contributed by atoms with van der Waals surface area (Å²) in [4.78, 5) is 4.58. The number of aromatic amines is 1. The molecule has 1 unspecified atom stereocenters. The molecule has 0 saturated carbocycles. The first-order valence-electron chi connectivity index (χ1n) is 8.84. The van der Waals surface area contributed by atoms with Crippen molar-refractivity contribution in [2.24, 2.45) is 5.73 Å². The highest BCUT2D eigenvalue weighted by molar-refractivity contribution is 5.55. The molecule has 0 aliphatic heterocycles. The normalized spacial score (nSPS) is 12.7. The number of methoxy groups -OCH3 is 2. The number of rotatable bonds is 5. The number of hydrogen-bond donors (Lipinski definition) is 2. The van der Waals surface area contributed by atoms with Gasteiger partial charge in [0.2, 0.25) is 0 Å². The molecule has 0 spiro atoms. The minimum Gasteiger partial charge on any atom is -0.493 e. The van der Waals surface area contributed by atoms with Crippen LogP contribution < -0.4 is 15.2 Å². The van der Waals surface area contributed by atoms with Crippen molar-refractivity contribution in [2.75, 3.05) is 14.2 Å². The van der Waals surface area contributed by atoms with E-state index in [0.717, 1.165) is 11.1 Å². The topological polar surface area (TPSA) is 86.0 Å². The summed E-state index contributed by atoms with van der Waals surface area (Å²) >= 11 is 0. The number of benzene rings is 2. The quantitative estimate of drug-likeness (QED) is 0.717. The smallest absolute Gasteiger partial charge is 0.181 e. The molecular weight excluding hydrogens is 340 g/mol. The van der Waals surface area contributed by atoms with Crippen LogP contribution in [-0.2, 0) is 5.41 Å². The Hall–Kier alpha value is -2.86. The minimum atomic E-state index is -0.445. The van der Waals surface area contributed by atoms with Gasteiger partial charge in [0, 0.05) is 5.56 Å². The van der Waals surface area contributed by atoms with E-state index >= 15 is 0 Å². The van der Waals surface area contributed by atoms with Crippen molar-refractivity contribution < 1.29 is 9.47 Å². The molecule has 3 aromatic rings. The molecule has 3 N–H and O–H groups in total. The number of ether oxygens (including phenoxy) is 2. The van der Waals surface area contributed by atoms with Gasteiger partial charge in [0.25, 0.3) is 0 Å². The summed E-state index contributed by atoms with van der Waals surface area (Å²) in [5, 5.41) is 7.28. The van der Waals surface area contributed by atoms with Gasteiger partial charge in [-0.15, -0.1) is 0 Å². The molecule has 6 nitrogen and oxygen atoms in total. The van der Waals surface area contributed by atoms with Crippen molar-refractivity contribution in [3.05, 3.63) is 59.4 Å². The molecule has 0 saturated heterocycles. The van der Waals surface area contributed by atoms with Gasteiger partial charge in [0.1, 0.15) is 5.82 Å². The summed E-state index contributed by atoms with van der Waals surface area (Å²) in [5.41, 5.74) is 9.56. The average molecular weight is 366 g/mol. The van der Waals surface area contributed by atoms with Gasteiger partial charge in [-0.3, -0.25) is 5.10 Å². The molecule has 0 radical (unpaired) electrons. The summed E-state index contributed by atoms with van der Waals surface area (Å²) in [6.45, 7) is 6.57. The first kappa shape index (κ1) is 18.9. The summed E-state index contributed by atoms with van der Waals surface area (Å²) in [7, 11) is 3.20. The third-order valence-corrected chi connectivity index (χ3v) is 4.57. The van der Waals surface area contributed by atoms with Crippen LogP contribution in [-0.4, -0.2) is 29.4 Å². The van der Waals surface area contributed by atoms with Crippen molar-refractivity contribution in [2.45, 2.75) is 32.2 Å². The van der Waals surface area contributed by atoms with Crippen molar-refractivity contribution in [1.29, 1.82) is 0 Å². The lowest BCUT2D eigenvalue weighted by atomic mass is 9.87. The van der Waals surface area contributed by atoms with Crippen LogP contribution in [0.25, 0.3) is 11.4 Å². The Morgan fingerprint density at radius 1 is 0.963 bits per heavy atom. The van der Waals surface area contributed by atoms with Crippen molar-refractivity contribution >= 4 is 0 Å². The zero-order chi connectivity index (χ0) is 19.6. The van der Waals surface area contributed by atoms with Crippen LogP contribution in [0.15, 0.2) is 42.5 Å². The Labute approximate surface area is 159 Å². The molecule has 1 atom stereocenters. The van der Waals surface area contributed by atoms with E-state index in [1.54, 1.807) is 14.2 Å². The van der Waals surface area contributed by atoms with E-state index < -0.39 is 6.04 Å². The van der Waals surface area contributed by atoms with Gasteiger partial charge < -0.3 is 15.2 Å².